The lowest BCUT2D eigenvalue weighted by Crippen LogP contribution is -2.43. The molecular weight excluding hydrogens is 473 g/mol. The van der Waals surface area contributed by atoms with Gasteiger partial charge in [0.1, 0.15) is 5.82 Å². The molecule has 1 fully saturated rings. The summed E-state index contributed by atoms with van der Waals surface area (Å²) in [5.41, 5.74) is 1.21. The second-order valence-electron chi connectivity index (χ2n) is 8.35. The van der Waals surface area contributed by atoms with Crippen LogP contribution in [0.4, 0.5) is 4.39 Å². The molecule has 8 nitrogen and oxygen atoms in total. The number of ketones is 1. The number of Topliss-reactive ketones (excluding diaryl/α,β-unsaturated/α-hetero) is 1. The number of benzene rings is 2. The van der Waals surface area contributed by atoms with Crippen LogP contribution in [0.15, 0.2) is 59.6 Å². The molecule has 1 aliphatic rings. The van der Waals surface area contributed by atoms with Crippen molar-refractivity contribution in [2.24, 2.45) is 5.92 Å². The molecule has 3 aromatic rings. The Hall–Kier alpha value is -3.55. The Morgan fingerprint density at radius 2 is 1.89 bits per heavy atom. The smallest absolute Gasteiger partial charge is 0.310 e. The van der Waals surface area contributed by atoms with Crippen molar-refractivity contribution in [1.29, 1.82) is 5.26 Å². The lowest BCUT2D eigenvalue weighted by atomic mass is 10.00. The first-order chi connectivity index (χ1) is 16.8. The summed E-state index contributed by atoms with van der Waals surface area (Å²) >= 11 is 0. The number of esters is 1. The largest absolute Gasteiger partial charge is 0.457 e. The van der Waals surface area contributed by atoms with Crippen LogP contribution in [0.1, 0.15) is 29.6 Å². The summed E-state index contributed by atoms with van der Waals surface area (Å²) in [6.45, 7) is 0.141. The molecule has 182 valence electrons. The highest BCUT2D eigenvalue weighted by Gasteiger charge is 2.34. The Kier molecular flexibility index (Phi) is 7.28. The first-order valence-electron chi connectivity index (χ1n) is 11.2. The van der Waals surface area contributed by atoms with E-state index < -0.39 is 34.3 Å². The minimum absolute atomic E-state index is 0.0455. The number of sulfonamides is 1. The van der Waals surface area contributed by atoms with Crippen LogP contribution in [0.3, 0.4) is 0 Å². The number of carbonyl (C=O) groups excluding carboxylic acids is 2. The number of hydrogen-bond donors (Lipinski definition) is 0. The molecule has 1 aromatic heterocycles. The van der Waals surface area contributed by atoms with E-state index >= 15 is 0 Å². The SMILES string of the molecule is N#CCCn1cc(C(=O)COC(=O)C2CCCN(S(=O)(=O)c3ccc(F)cc3)C2)c2ccccc21. The molecule has 0 aliphatic carbocycles. The maximum atomic E-state index is 13.2. The van der Waals surface area contributed by atoms with Gasteiger partial charge in [0.25, 0.3) is 0 Å². The van der Waals surface area contributed by atoms with Crippen LogP contribution in [0, 0.1) is 23.1 Å². The second-order valence-corrected chi connectivity index (χ2v) is 10.3. The van der Waals surface area contributed by atoms with Crippen LogP contribution in [0.25, 0.3) is 10.9 Å². The van der Waals surface area contributed by atoms with Gasteiger partial charge in [0.15, 0.2) is 6.61 Å². The third-order valence-electron chi connectivity index (χ3n) is 6.07. The van der Waals surface area contributed by atoms with Gasteiger partial charge >= 0.3 is 5.97 Å². The summed E-state index contributed by atoms with van der Waals surface area (Å²) in [6, 6.07) is 13.9. The molecule has 10 heteroatoms. The minimum Gasteiger partial charge on any atom is -0.457 e. The van der Waals surface area contributed by atoms with Gasteiger partial charge in [-0.2, -0.15) is 9.57 Å². The number of hydrogen-bond acceptors (Lipinski definition) is 6. The van der Waals surface area contributed by atoms with Gasteiger partial charge in [-0.05, 0) is 43.2 Å². The number of halogens is 1. The molecule has 1 atom stereocenters. The Bertz CT molecular complexity index is 1390. The molecule has 0 amide bonds. The van der Waals surface area contributed by atoms with E-state index in [9.17, 15) is 22.4 Å². The number of carbonyl (C=O) groups is 2. The topological polar surface area (TPSA) is 109 Å². The number of rotatable bonds is 8. The van der Waals surface area contributed by atoms with Crippen molar-refractivity contribution in [1.82, 2.24) is 8.87 Å². The zero-order valence-electron chi connectivity index (χ0n) is 18.9. The standard InChI is InChI=1S/C25H24FN3O5S/c26-19-8-10-20(11-9-19)35(32,33)29-14-3-5-18(15-29)25(31)34-17-24(30)22-16-28(13-4-12-27)23-7-2-1-6-21(22)23/h1-2,6-11,16,18H,3-5,13-15,17H2. The van der Waals surface area contributed by atoms with Crippen molar-refractivity contribution in [2.75, 3.05) is 19.7 Å². The van der Waals surface area contributed by atoms with Crippen molar-refractivity contribution in [3.63, 3.8) is 0 Å². The van der Waals surface area contributed by atoms with Gasteiger partial charge in [0, 0.05) is 42.3 Å². The predicted octanol–water partition coefficient (Wildman–Crippen LogP) is 3.52. The Labute approximate surface area is 202 Å². The van der Waals surface area contributed by atoms with Gasteiger partial charge in [-0.15, -0.1) is 0 Å². The average molecular weight is 498 g/mol. The van der Waals surface area contributed by atoms with E-state index in [0.717, 1.165) is 17.6 Å². The first-order valence-corrected chi connectivity index (χ1v) is 12.7. The summed E-state index contributed by atoms with van der Waals surface area (Å²) in [4.78, 5) is 25.5. The molecule has 35 heavy (non-hydrogen) atoms. The molecule has 1 unspecified atom stereocenters. The van der Waals surface area contributed by atoms with Crippen molar-refractivity contribution in [3.05, 3.63) is 66.1 Å². The maximum absolute atomic E-state index is 13.2. The molecule has 1 aliphatic heterocycles. The minimum atomic E-state index is -3.88. The summed E-state index contributed by atoms with van der Waals surface area (Å²) in [6.07, 6.45) is 2.85. The number of aromatic nitrogens is 1. The van der Waals surface area contributed by atoms with E-state index in [0.29, 0.717) is 36.8 Å². The maximum Gasteiger partial charge on any atom is 0.310 e. The number of ether oxygens (including phenoxy) is 1. The molecule has 0 bridgehead atoms. The molecular formula is C25H24FN3O5S. The van der Waals surface area contributed by atoms with Gasteiger partial charge < -0.3 is 9.30 Å². The van der Waals surface area contributed by atoms with E-state index in [1.54, 1.807) is 18.3 Å². The monoisotopic (exact) mass is 497 g/mol. The molecule has 2 aromatic carbocycles. The number of para-hydroxylation sites is 1. The highest BCUT2D eigenvalue weighted by Crippen LogP contribution is 2.26. The zero-order valence-corrected chi connectivity index (χ0v) is 19.7. The summed E-state index contributed by atoms with van der Waals surface area (Å²) in [5.74, 6) is -2.26. The van der Waals surface area contributed by atoms with Crippen LogP contribution in [-0.2, 0) is 26.1 Å². The summed E-state index contributed by atoms with van der Waals surface area (Å²) in [5, 5.41) is 9.59. The number of aryl methyl sites for hydroxylation is 1. The van der Waals surface area contributed by atoms with Crippen molar-refractivity contribution in [2.45, 2.75) is 30.7 Å². The van der Waals surface area contributed by atoms with Crippen LogP contribution >= 0.6 is 0 Å². The van der Waals surface area contributed by atoms with Gasteiger partial charge in [-0.3, -0.25) is 9.59 Å². The number of fused-ring (bicyclic) bond motifs is 1. The van der Waals surface area contributed by atoms with Crippen LogP contribution in [0.2, 0.25) is 0 Å². The molecule has 1 saturated heterocycles. The molecule has 0 spiro atoms. The zero-order chi connectivity index (χ0) is 25.0. The summed E-state index contributed by atoms with van der Waals surface area (Å²) in [7, 11) is -3.88. The molecule has 2 heterocycles. The molecule has 4 rings (SSSR count). The van der Waals surface area contributed by atoms with Crippen LogP contribution < -0.4 is 0 Å². The van der Waals surface area contributed by atoms with E-state index in [1.807, 2.05) is 16.7 Å². The lowest BCUT2D eigenvalue weighted by Gasteiger charge is -2.30. The predicted molar refractivity (Wildman–Crippen MR) is 125 cm³/mol. The first kappa shape index (κ1) is 24.6. The summed E-state index contributed by atoms with van der Waals surface area (Å²) < 4.78 is 47.3. The van der Waals surface area contributed by atoms with E-state index in [1.165, 1.54) is 16.4 Å². The van der Waals surface area contributed by atoms with E-state index in [-0.39, 0.29) is 23.8 Å². The van der Waals surface area contributed by atoms with Gasteiger partial charge in [-0.25, -0.2) is 12.8 Å². The lowest BCUT2D eigenvalue weighted by molar-refractivity contribution is -0.148. The molecule has 0 N–H and O–H groups in total. The van der Waals surface area contributed by atoms with Gasteiger partial charge in [0.05, 0.1) is 23.3 Å². The van der Waals surface area contributed by atoms with Crippen molar-refractivity contribution >= 4 is 32.7 Å². The van der Waals surface area contributed by atoms with Crippen molar-refractivity contribution in [3.8, 4) is 6.07 Å². The third-order valence-corrected chi connectivity index (χ3v) is 7.95. The number of nitrogens with zero attached hydrogens (tertiary/aromatic N) is 3. The van der Waals surface area contributed by atoms with Crippen LogP contribution in [-0.4, -0.2) is 48.7 Å². The molecule has 0 radical (unpaired) electrons. The van der Waals surface area contributed by atoms with Gasteiger partial charge in [-0.1, -0.05) is 18.2 Å². The highest BCUT2D eigenvalue weighted by molar-refractivity contribution is 7.89. The van der Waals surface area contributed by atoms with E-state index in [4.69, 9.17) is 10.00 Å². The normalized spacial score (nSPS) is 16.6. The highest BCUT2D eigenvalue weighted by atomic mass is 32.2. The number of piperidine rings is 1. The van der Waals surface area contributed by atoms with Crippen molar-refractivity contribution < 1.29 is 27.1 Å². The Balaban J connectivity index is 1.42. The fraction of sp³-hybridized carbons (Fsp3) is 0.320. The fourth-order valence-electron chi connectivity index (χ4n) is 4.27. The quantitative estimate of drug-likeness (QED) is 0.348. The van der Waals surface area contributed by atoms with E-state index in [2.05, 4.69) is 6.07 Å². The Morgan fingerprint density at radius 1 is 1.14 bits per heavy atom. The fourth-order valence-corrected chi connectivity index (χ4v) is 5.79. The van der Waals surface area contributed by atoms with Crippen LogP contribution in [0.5, 0.6) is 0 Å². The third kappa shape index (κ3) is 5.26. The van der Waals surface area contributed by atoms with Gasteiger partial charge in [0.2, 0.25) is 15.8 Å². The number of nitriles is 1. The Morgan fingerprint density at radius 3 is 2.63 bits per heavy atom. The average Bonchev–Trinajstić information content (AvgIpc) is 3.25. The second kappa shape index (κ2) is 10.4. The molecule has 0 saturated carbocycles.